The number of nitrogens with two attached hydrogens (primary N) is 1. The van der Waals surface area contributed by atoms with Crippen molar-refractivity contribution in [3.05, 3.63) is 12.7 Å². The molecule has 21 heteroatoms. The number of aromatic nitrogens is 4. The molecule has 0 radical (unpaired) electrons. The zero-order valence-electron chi connectivity index (χ0n) is 15.9. The summed E-state index contributed by atoms with van der Waals surface area (Å²) in [4.78, 5) is 40.0. The largest absolute Gasteiger partial charge is 0.488 e. The highest BCUT2D eigenvalue weighted by Crippen LogP contribution is 2.70. The third kappa shape index (κ3) is 5.74. The van der Waals surface area contributed by atoms with E-state index in [9.17, 15) is 38.6 Å². The SMILES string of the molecule is CSP(=O)(O)OP(=O)(O)OP(=O)(O)OC[C@H]1O[C@@H](n2cnc3c(N)ncnc32)C(O)C1O. The number of anilines is 1. The van der Waals surface area contributed by atoms with E-state index in [0.717, 1.165) is 12.6 Å². The Morgan fingerprint density at radius 3 is 2.47 bits per heavy atom. The number of phosphoric ester groups is 1. The van der Waals surface area contributed by atoms with Gasteiger partial charge in [0.2, 0.25) is 0 Å². The molecule has 0 amide bonds. The fourth-order valence-corrected chi connectivity index (χ4v) is 7.28. The van der Waals surface area contributed by atoms with Gasteiger partial charge in [0.05, 0.1) is 12.9 Å². The van der Waals surface area contributed by atoms with Crippen LogP contribution in [-0.4, -0.2) is 75.6 Å². The van der Waals surface area contributed by atoms with Crippen molar-refractivity contribution in [3.8, 4) is 0 Å². The van der Waals surface area contributed by atoms with Crippen LogP contribution in [0.15, 0.2) is 12.7 Å². The van der Waals surface area contributed by atoms with Crippen molar-refractivity contribution in [2.45, 2.75) is 24.5 Å². The number of phosphoric acid groups is 2. The topological polar surface area (TPSA) is 259 Å². The molecule has 7 N–H and O–H groups in total. The quantitative estimate of drug-likeness (QED) is 0.225. The molecule has 180 valence electrons. The van der Waals surface area contributed by atoms with Gasteiger partial charge in [-0.2, -0.15) is 8.62 Å². The lowest BCUT2D eigenvalue weighted by Crippen LogP contribution is -2.33. The molecule has 0 bridgehead atoms. The van der Waals surface area contributed by atoms with E-state index < -0.39 is 53.6 Å². The number of rotatable bonds is 9. The lowest BCUT2D eigenvalue weighted by molar-refractivity contribution is -0.0503. The molecule has 3 heterocycles. The summed E-state index contributed by atoms with van der Waals surface area (Å²) >= 11 is 0.174. The van der Waals surface area contributed by atoms with Crippen molar-refractivity contribution in [2.75, 3.05) is 18.6 Å². The fourth-order valence-electron chi connectivity index (χ4n) is 2.65. The highest BCUT2D eigenvalue weighted by atomic mass is 32.7. The lowest BCUT2D eigenvalue weighted by Gasteiger charge is -2.19. The first-order valence-electron chi connectivity index (χ1n) is 8.31. The first kappa shape index (κ1) is 25.6. The van der Waals surface area contributed by atoms with Crippen LogP contribution in [0.5, 0.6) is 0 Å². The van der Waals surface area contributed by atoms with E-state index in [2.05, 4.69) is 28.1 Å². The number of hydrogen-bond acceptors (Lipinski definition) is 14. The molecule has 1 aliphatic rings. The molecule has 32 heavy (non-hydrogen) atoms. The highest BCUT2D eigenvalue weighted by Gasteiger charge is 2.47. The van der Waals surface area contributed by atoms with Crippen LogP contribution in [0.25, 0.3) is 11.2 Å². The van der Waals surface area contributed by atoms with Crippen molar-refractivity contribution in [3.63, 3.8) is 0 Å². The van der Waals surface area contributed by atoms with E-state index in [1.54, 1.807) is 0 Å². The number of imidazole rings is 1. The molecular weight excluding hydrogens is 519 g/mol. The molecule has 2 aromatic heterocycles. The monoisotopic (exact) mass is 537 g/mol. The van der Waals surface area contributed by atoms with Gasteiger partial charge in [-0.15, -0.1) is 0 Å². The summed E-state index contributed by atoms with van der Waals surface area (Å²) in [7, 11) is -10.8. The lowest BCUT2D eigenvalue weighted by atomic mass is 10.1. The van der Waals surface area contributed by atoms with Crippen LogP contribution in [0, 0.1) is 0 Å². The molecule has 1 fully saturated rings. The summed E-state index contributed by atoms with van der Waals surface area (Å²) in [5.41, 5.74) is 6.07. The second-order valence-electron chi connectivity index (χ2n) is 6.18. The van der Waals surface area contributed by atoms with Crippen LogP contribution < -0.4 is 5.73 Å². The average molecular weight is 537 g/mol. The molecule has 1 aliphatic heterocycles. The summed E-state index contributed by atoms with van der Waals surface area (Å²) in [5.74, 6) is 0.0598. The Morgan fingerprint density at radius 2 is 1.81 bits per heavy atom. The minimum absolute atomic E-state index is 0.0598. The summed E-state index contributed by atoms with van der Waals surface area (Å²) in [6.07, 6.45) is -2.42. The number of hydrogen-bond donors (Lipinski definition) is 6. The van der Waals surface area contributed by atoms with Crippen molar-refractivity contribution in [1.29, 1.82) is 0 Å². The van der Waals surface area contributed by atoms with Gasteiger partial charge < -0.3 is 35.4 Å². The van der Waals surface area contributed by atoms with Gasteiger partial charge in [-0.3, -0.25) is 9.09 Å². The zero-order valence-corrected chi connectivity index (χ0v) is 19.4. The van der Waals surface area contributed by atoms with Gasteiger partial charge in [0.25, 0.3) is 0 Å². The first-order valence-corrected chi connectivity index (χ1v) is 14.7. The maximum absolute atomic E-state index is 11.9. The van der Waals surface area contributed by atoms with Crippen molar-refractivity contribution >= 4 is 50.8 Å². The number of ether oxygens (including phenoxy) is 1. The van der Waals surface area contributed by atoms with E-state index in [1.165, 1.54) is 10.9 Å². The molecule has 7 atom stereocenters. The van der Waals surface area contributed by atoms with Gasteiger partial charge in [0.15, 0.2) is 17.7 Å². The van der Waals surface area contributed by atoms with Crippen molar-refractivity contribution < 1.29 is 56.5 Å². The zero-order chi connectivity index (χ0) is 23.9. The van der Waals surface area contributed by atoms with E-state index in [0.29, 0.717) is 0 Å². The summed E-state index contributed by atoms with van der Waals surface area (Å²) in [5, 5.41) is 20.5. The minimum Gasteiger partial charge on any atom is -0.387 e. The van der Waals surface area contributed by atoms with Crippen molar-refractivity contribution in [2.24, 2.45) is 0 Å². The molecule has 17 nitrogen and oxygen atoms in total. The number of aliphatic hydroxyl groups excluding tert-OH is 2. The fraction of sp³-hybridized carbons (Fsp3) is 0.545. The van der Waals surface area contributed by atoms with Crippen LogP contribution in [-0.2, 0) is 31.6 Å². The number of fused-ring (bicyclic) bond motifs is 1. The number of aliphatic hydroxyl groups is 2. The molecular formula is C11H18N5O12P3S. The van der Waals surface area contributed by atoms with E-state index in [-0.39, 0.29) is 28.4 Å². The van der Waals surface area contributed by atoms with Crippen LogP contribution in [0.2, 0.25) is 0 Å². The van der Waals surface area contributed by atoms with Crippen molar-refractivity contribution in [1.82, 2.24) is 19.5 Å². The highest BCUT2D eigenvalue weighted by molar-refractivity contribution is 8.55. The Labute approximate surface area is 183 Å². The number of nitrogens with zero attached hydrogens (tertiary/aromatic N) is 4. The Hall–Kier alpha value is -0.970. The normalized spacial score (nSPS) is 29.4. The average Bonchev–Trinajstić information content (AvgIpc) is 3.21. The standard InChI is InChI=1S/C11H18N5O12P3S/c1-32-31(23,24)28-30(21,22)27-29(19,20)25-2-5-7(17)8(18)11(26-5)16-4-15-6-9(12)13-3-14-10(6)16/h3-5,7-8,11,17-18H,2H2,1H3,(H,19,20)(H,21,22)(H,23,24)(H2,12,13,14)/t5-,7?,8?,11-/m1/s1. The van der Waals surface area contributed by atoms with E-state index in [1.807, 2.05) is 0 Å². The van der Waals surface area contributed by atoms with Crippen LogP contribution >= 0.6 is 33.8 Å². The molecule has 5 unspecified atom stereocenters. The smallest absolute Gasteiger partial charge is 0.387 e. The predicted molar refractivity (Wildman–Crippen MR) is 107 cm³/mol. The van der Waals surface area contributed by atoms with Gasteiger partial charge in [-0.05, 0) is 17.6 Å². The third-order valence-electron chi connectivity index (χ3n) is 4.04. The summed E-state index contributed by atoms with van der Waals surface area (Å²) in [6.45, 7) is -5.53. The third-order valence-corrected chi connectivity index (χ3v) is 10.3. The van der Waals surface area contributed by atoms with Crippen LogP contribution in [0.3, 0.4) is 0 Å². The molecule has 0 spiro atoms. The van der Waals surface area contributed by atoms with Gasteiger partial charge in [0, 0.05) is 0 Å². The molecule has 0 saturated carbocycles. The van der Waals surface area contributed by atoms with Crippen LogP contribution in [0.1, 0.15) is 6.23 Å². The number of nitrogen functional groups attached to an aromatic ring is 1. The second-order valence-corrected chi connectivity index (χ2v) is 13.4. The Kier molecular flexibility index (Phi) is 7.49. The van der Waals surface area contributed by atoms with E-state index in [4.69, 9.17) is 10.5 Å². The molecule has 1 saturated heterocycles. The van der Waals surface area contributed by atoms with Gasteiger partial charge in [-0.1, -0.05) is 0 Å². The van der Waals surface area contributed by atoms with Gasteiger partial charge >= 0.3 is 22.4 Å². The predicted octanol–water partition coefficient (Wildman–Crippen LogP) is -0.258. The van der Waals surface area contributed by atoms with Crippen LogP contribution in [0.4, 0.5) is 5.82 Å². The molecule has 0 aliphatic carbocycles. The summed E-state index contributed by atoms with van der Waals surface area (Å²) < 4.78 is 54.1. The summed E-state index contributed by atoms with van der Waals surface area (Å²) in [6, 6.07) is 0. The Morgan fingerprint density at radius 1 is 1.12 bits per heavy atom. The Balaban J connectivity index is 1.68. The van der Waals surface area contributed by atoms with E-state index >= 15 is 0 Å². The molecule has 2 aromatic rings. The Bertz CT molecular complexity index is 1130. The minimum atomic E-state index is -5.49. The van der Waals surface area contributed by atoms with Gasteiger partial charge in [-0.25, -0.2) is 28.6 Å². The van der Waals surface area contributed by atoms with Gasteiger partial charge in [0.1, 0.15) is 30.2 Å². The first-order chi connectivity index (χ1) is 14.8. The second kappa shape index (κ2) is 9.35. The molecule has 3 rings (SSSR count). The maximum atomic E-state index is 11.9. The maximum Gasteiger partial charge on any atom is 0.488 e. The molecule has 0 aromatic carbocycles.